The third-order valence-electron chi connectivity index (χ3n) is 2.66. The Balaban J connectivity index is 2.44. The van der Waals surface area contributed by atoms with E-state index in [4.69, 9.17) is 21.4 Å². The highest BCUT2D eigenvalue weighted by atomic mass is 35.5. The Labute approximate surface area is 104 Å². The maximum atomic E-state index is 11.0. The molecule has 90 valence electrons. The second-order valence-corrected chi connectivity index (χ2v) is 4.09. The molecule has 0 unspecified atom stereocenters. The van der Waals surface area contributed by atoms with Crippen molar-refractivity contribution in [2.75, 3.05) is 25.1 Å². The van der Waals surface area contributed by atoms with E-state index in [-0.39, 0.29) is 5.56 Å². The lowest BCUT2D eigenvalue weighted by molar-refractivity contribution is 0.0693. The molecule has 4 nitrogen and oxygen atoms in total. The second-order valence-electron chi connectivity index (χ2n) is 3.69. The van der Waals surface area contributed by atoms with E-state index in [0.29, 0.717) is 10.8 Å². The molecule has 0 amide bonds. The Morgan fingerprint density at radius 1 is 1.41 bits per heavy atom. The average Bonchev–Trinajstić information content (AvgIpc) is 2.82. The number of ether oxygens (including phenoxy) is 1. The van der Waals surface area contributed by atoms with Crippen molar-refractivity contribution in [1.29, 1.82) is 0 Å². The Morgan fingerprint density at radius 2 is 2.06 bits per heavy atom. The van der Waals surface area contributed by atoms with E-state index in [9.17, 15) is 4.79 Å². The molecule has 0 atom stereocenters. The summed E-state index contributed by atoms with van der Waals surface area (Å²) in [5, 5.41) is 9.44. The number of carboxylic acid groups (broad SMARTS) is 1. The molecule has 0 radical (unpaired) electrons. The minimum atomic E-state index is -1.05. The summed E-state index contributed by atoms with van der Waals surface area (Å²) in [5.74, 6) is -0.723. The number of aromatic carboxylic acids is 1. The van der Waals surface area contributed by atoms with Gasteiger partial charge in [0.05, 0.1) is 17.8 Å². The summed E-state index contributed by atoms with van der Waals surface area (Å²) in [6.45, 7) is 1.55. The SMILES string of the molecule is COc1cc(N2CC=CC2)c(Cl)cc1C(=O)O. The molecule has 1 aliphatic heterocycles. The summed E-state index contributed by atoms with van der Waals surface area (Å²) < 4.78 is 5.08. The Hall–Kier alpha value is -1.68. The largest absolute Gasteiger partial charge is 0.496 e. The molecule has 0 saturated carbocycles. The number of carboxylic acids is 1. The third kappa shape index (κ3) is 2.22. The summed E-state index contributed by atoms with van der Waals surface area (Å²) in [6.07, 6.45) is 4.07. The van der Waals surface area contributed by atoms with E-state index in [0.717, 1.165) is 18.8 Å². The highest BCUT2D eigenvalue weighted by molar-refractivity contribution is 6.33. The molecule has 0 aliphatic carbocycles. The first-order valence-electron chi connectivity index (χ1n) is 5.14. The molecule has 1 N–H and O–H groups in total. The minimum absolute atomic E-state index is 0.0772. The molecule has 0 fully saturated rings. The Kier molecular flexibility index (Phi) is 3.24. The molecule has 0 aromatic heterocycles. The number of halogens is 1. The molecule has 1 aliphatic rings. The first-order chi connectivity index (χ1) is 8.13. The number of carbonyl (C=O) groups is 1. The molecule has 1 heterocycles. The van der Waals surface area contributed by atoms with Crippen molar-refractivity contribution in [1.82, 2.24) is 0 Å². The zero-order chi connectivity index (χ0) is 12.4. The van der Waals surface area contributed by atoms with Crippen LogP contribution in [-0.4, -0.2) is 31.3 Å². The maximum absolute atomic E-state index is 11.0. The van der Waals surface area contributed by atoms with E-state index < -0.39 is 5.97 Å². The lowest BCUT2D eigenvalue weighted by Gasteiger charge is -2.20. The summed E-state index contributed by atoms with van der Waals surface area (Å²) in [7, 11) is 1.45. The fraction of sp³-hybridized carbons (Fsp3) is 0.250. The van der Waals surface area contributed by atoms with E-state index in [1.165, 1.54) is 13.2 Å². The molecule has 1 aromatic carbocycles. The standard InChI is InChI=1S/C12H12ClNO3/c1-17-11-7-10(14-4-2-3-5-14)9(13)6-8(11)12(15)16/h2-3,6-7H,4-5H2,1H3,(H,15,16). The van der Waals surface area contributed by atoms with Gasteiger partial charge in [0.25, 0.3) is 0 Å². The highest BCUT2D eigenvalue weighted by Gasteiger charge is 2.18. The van der Waals surface area contributed by atoms with Gasteiger partial charge in [0, 0.05) is 19.2 Å². The smallest absolute Gasteiger partial charge is 0.339 e. The second kappa shape index (κ2) is 4.67. The first-order valence-corrected chi connectivity index (χ1v) is 5.52. The van der Waals surface area contributed by atoms with Crippen LogP contribution < -0.4 is 9.64 Å². The van der Waals surface area contributed by atoms with Crippen LogP contribution in [0.4, 0.5) is 5.69 Å². The van der Waals surface area contributed by atoms with Crippen molar-refractivity contribution in [2.45, 2.75) is 0 Å². The van der Waals surface area contributed by atoms with Gasteiger partial charge in [-0.2, -0.15) is 0 Å². The number of anilines is 1. The zero-order valence-electron chi connectivity index (χ0n) is 9.31. The number of hydrogen-bond donors (Lipinski definition) is 1. The summed E-state index contributed by atoms with van der Waals surface area (Å²) >= 11 is 6.09. The van der Waals surface area contributed by atoms with Crippen LogP contribution >= 0.6 is 11.6 Å². The van der Waals surface area contributed by atoms with Crippen LogP contribution in [0.25, 0.3) is 0 Å². The van der Waals surface area contributed by atoms with E-state index in [1.54, 1.807) is 6.07 Å². The molecular formula is C12H12ClNO3. The lowest BCUT2D eigenvalue weighted by Crippen LogP contribution is -2.19. The van der Waals surface area contributed by atoms with Gasteiger partial charge in [-0.05, 0) is 6.07 Å². The molecule has 1 aromatic rings. The van der Waals surface area contributed by atoms with Crippen LogP contribution in [0, 0.1) is 0 Å². The van der Waals surface area contributed by atoms with E-state index in [2.05, 4.69) is 0 Å². The van der Waals surface area contributed by atoms with Crippen molar-refractivity contribution in [2.24, 2.45) is 0 Å². The van der Waals surface area contributed by atoms with Gasteiger partial charge in [0.2, 0.25) is 0 Å². The van der Waals surface area contributed by atoms with Crippen molar-refractivity contribution in [3.8, 4) is 5.75 Å². The monoisotopic (exact) mass is 253 g/mol. The fourth-order valence-electron chi connectivity index (χ4n) is 1.80. The average molecular weight is 254 g/mol. The van der Waals surface area contributed by atoms with E-state index >= 15 is 0 Å². The molecular weight excluding hydrogens is 242 g/mol. The van der Waals surface area contributed by atoms with Gasteiger partial charge in [0.1, 0.15) is 11.3 Å². The van der Waals surface area contributed by atoms with Crippen LogP contribution in [0.3, 0.4) is 0 Å². The topological polar surface area (TPSA) is 49.8 Å². The molecule has 17 heavy (non-hydrogen) atoms. The van der Waals surface area contributed by atoms with Crippen LogP contribution in [0.5, 0.6) is 5.75 Å². The summed E-state index contributed by atoms with van der Waals surface area (Å²) in [4.78, 5) is 13.0. The van der Waals surface area contributed by atoms with Crippen LogP contribution in [-0.2, 0) is 0 Å². The van der Waals surface area contributed by atoms with Gasteiger partial charge in [-0.25, -0.2) is 4.79 Å². The van der Waals surface area contributed by atoms with Gasteiger partial charge >= 0.3 is 5.97 Å². The fourth-order valence-corrected chi connectivity index (χ4v) is 2.08. The van der Waals surface area contributed by atoms with Gasteiger partial charge in [0.15, 0.2) is 0 Å². The summed E-state index contributed by atoms with van der Waals surface area (Å²) in [6, 6.07) is 3.09. The minimum Gasteiger partial charge on any atom is -0.496 e. The predicted molar refractivity (Wildman–Crippen MR) is 66.3 cm³/mol. The number of benzene rings is 1. The van der Waals surface area contributed by atoms with Crippen LogP contribution in [0.1, 0.15) is 10.4 Å². The number of nitrogens with zero attached hydrogens (tertiary/aromatic N) is 1. The molecule has 0 bridgehead atoms. The molecule has 2 rings (SSSR count). The molecule has 0 saturated heterocycles. The molecule has 5 heteroatoms. The van der Waals surface area contributed by atoms with Gasteiger partial charge in [-0.15, -0.1) is 0 Å². The van der Waals surface area contributed by atoms with Crippen molar-refractivity contribution in [3.05, 3.63) is 34.9 Å². The number of hydrogen-bond acceptors (Lipinski definition) is 3. The maximum Gasteiger partial charge on any atom is 0.339 e. The Morgan fingerprint density at radius 3 is 2.59 bits per heavy atom. The van der Waals surface area contributed by atoms with Gasteiger partial charge < -0.3 is 14.7 Å². The van der Waals surface area contributed by atoms with Gasteiger partial charge in [-0.3, -0.25) is 0 Å². The van der Waals surface area contributed by atoms with Crippen molar-refractivity contribution >= 4 is 23.3 Å². The van der Waals surface area contributed by atoms with E-state index in [1.807, 2.05) is 17.1 Å². The van der Waals surface area contributed by atoms with Crippen molar-refractivity contribution < 1.29 is 14.6 Å². The summed E-state index contributed by atoms with van der Waals surface area (Å²) in [5.41, 5.74) is 0.868. The quantitative estimate of drug-likeness (QED) is 0.841. The Bertz CT molecular complexity index is 477. The van der Waals surface area contributed by atoms with Gasteiger partial charge in [-0.1, -0.05) is 23.8 Å². The third-order valence-corrected chi connectivity index (χ3v) is 2.96. The number of methoxy groups -OCH3 is 1. The van der Waals surface area contributed by atoms with Crippen LogP contribution in [0.15, 0.2) is 24.3 Å². The normalized spacial score (nSPS) is 14.1. The van der Waals surface area contributed by atoms with Crippen LogP contribution in [0.2, 0.25) is 5.02 Å². The zero-order valence-corrected chi connectivity index (χ0v) is 10.1. The number of rotatable bonds is 3. The highest BCUT2D eigenvalue weighted by Crippen LogP contribution is 2.34. The van der Waals surface area contributed by atoms with Crippen molar-refractivity contribution in [3.63, 3.8) is 0 Å². The lowest BCUT2D eigenvalue weighted by atomic mass is 10.1. The first kappa shape index (κ1) is 11.8. The molecule has 0 spiro atoms. The predicted octanol–water partition coefficient (Wildman–Crippen LogP) is 2.42.